The van der Waals surface area contributed by atoms with Crippen LogP contribution in [0.4, 0.5) is 0 Å². The Bertz CT molecular complexity index is 865. The van der Waals surface area contributed by atoms with Crippen molar-refractivity contribution in [1.82, 2.24) is 4.90 Å². The predicted molar refractivity (Wildman–Crippen MR) is 124 cm³/mol. The summed E-state index contributed by atoms with van der Waals surface area (Å²) in [6, 6.07) is 12.8. The topological polar surface area (TPSA) is 46.3 Å². The van der Waals surface area contributed by atoms with Gasteiger partial charge in [0, 0.05) is 17.1 Å². The van der Waals surface area contributed by atoms with E-state index in [9.17, 15) is 4.79 Å². The zero-order chi connectivity index (χ0) is 20.9. The van der Waals surface area contributed by atoms with Gasteiger partial charge < -0.3 is 5.73 Å². The van der Waals surface area contributed by atoms with E-state index in [0.717, 1.165) is 30.0 Å². The van der Waals surface area contributed by atoms with Gasteiger partial charge in [-0.3, -0.25) is 9.69 Å². The molecule has 0 atom stereocenters. The molecule has 0 aromatic heterocycles. The van der Waals surface area contributed by atoms with Gasteiger partial charge in [-0.25, -0.2) is 0 Å². The number of amides is 1. The second kappa shape index (κ2) is 9.98. The molecule has 4 rings (SSSR count). The van der Waals surface area contributed by atoms with Gasteiger partial charge >= 0.3 is 0 Å². The summed E-state index contributed by atoms with van der Waals surface area (Å²) >= 11 is 6.86. The average molecular weight is 425 g/mol. The van der Waals surface area contributed by atoms with Crippen LogP contribution in [0, 0.1) is 0 Å². The third-order valence-electron chi connectivity index (χ3n) is 6.88. The number of rotatable bonds is 7. The van der Waals surface area contributed by atoms with Crippen LogP contribution < -0.4 is 5.73 Å². The number of hydrogen-bond donors (Lipinski definition) is 1. The van der Waals surface area contributed by atoms with Crippen molar-refractivity contribution >= 4 is 17.5 Å². The number of benzene rings is 2. The Morgan fingerprint density at radius 1 is 0.900 bits per heavy atom. The molecular weight excluding hydrogens is 392 g/mol. The smallest absolute Gasteiger partial charge is 0.249 e. The van der Waals surface area contributed by atoms with Gasteiger partial charge in [0.05, 0.1) is 0 Å². The third-order valence-corrected chi connectivity index (χ3v) is 7.32. The molecule has 1 aliphatic heterocycles. The largest absolute Gasteiger partial charge is 0.366 e. The minimum Gasteiger partial charge on any atom is -0.366 e. The summed E-state index contributed by atoms with van der Waals surface area (Å²) in [7, 11) is 0. The van der Waals surface area contributed by atoms with Crippen molar-refractivity contribution in [2.45, 2.75) is 70.3 Å². The molecule has 0 bridgehead atoms. The molecule has 3 nitrogen and oxygen atoms in total. The predicted octanol–water partition coefficient (Wildman–Crippen LogP) is 5.87. The van der Waals surface area contributed by atoms with Crippen molar-refractivity contribution in [2.75, 3.05) is 13.1 Å². The quantitative estimate of drug-likeness (QED) is 0.604. The Hall–Kier alpha value is -1.84. The lowest BCUT2D eigenvalue weighted by atomic mass is 9.82. The summed E-state index contributed by atoms with van der Waals surface area (Å²) in [6.45, 7) is 3.47. The molecule has 1 heterocycles. The van der Waals surface area contributed by atoms with E-state index >= 15 is 0 Å². The highest BCUT2D eigenvalue weighted by Crippen LogP contribution is 2.38. The monoisotopic (exact) mass is 424 g/mol. The highest BCUT2D eigenvalue weighted by Gasteiger charge is 2.22. The van der Waals surface area contributed by atoms with Crippen LogP contribution in [0.3, 0.4) is 0 Å². The number of primary amides is 1. The zero-order valence-electron chi connectivity index (χ0n) is 17.8. The summed E-state index contributed by atoms with van der Waals surface area (Å²) < 4.78 is 0. The fourth-order valence-electron chi connectivity index (χ4n) is 5.12. The summed E-state index contributed by atoms with van der Waals surface area (Å²) in [5.74, 6) is 0.125. The summed E-state index contributed by atoms with van der Waals surface area (Å²) in [5, 5.41) is 0.767. The standard InChI is InChI=1S/C26H33ClN2O/c27-25-22(21-6-2-1-3-7-21)14-15-24(26(28)30)23(25)13-12-19-8-10-20(11-9-19)18-29-16-4-5-17-29/h8-11,14-15,21H,1-7,12-13,16-18H2,(H2,28,30). The van der Waals surface area contributed by atoms with Crippen molar-refractivity contribution in [1.29, 1.82) is 0 Å². The van der Waals surface area contributed by atoms with Gasteiger partial charge in [-0.15, -0.1) is 0 Å². The fourth-order valence-corrected chi connectivity index (χ4v) is 5.54. The molecule has 4 heteroatoms. The Morgan fingerprint density at radius 2 is 1.57 bits per heavy atom. The van der Waals surface area contributed by atoms with E-state index in [0.29, 0.717) is 11.5 Å². The minimum absolute atomic E-state index is 0.386. The van der Waals surface area contributed by atoms with Gasteiger partial charge in [-0.05, 0) is 85.9 Å². The molecule has 2 aliphatic rings. The molecule has 2 fully saturated rings. The van der Waals surface area contributed by atoms with Crippen LogP contribution in [0.25, 0.3) is 0 Å². The van der Waals surface area contributed by atoms with Crippen molar-refractivity contribution in [3.8, 4) is 0 Å². The van der Waals surface area contributed by atoms with Gasteiger partial charge in [0.15, 0.2) is 0 Å². The van der Waals surface area contributed by atoms with E-state index < -0.39 is 0 Å². The zero-order valence-corrected chi connectivity index (χ0v) is 18.6. The van der Waals surface area contributed by atoms with Crippen LogP contribution in [0.5, 0.6) is 0 Å². The number of aryl methyl sites for hydroxylation is 1. The van der Waals surface area contributed by atoms with E-state index in [1.54, 1.807) is 0 Å². The molecule has 2 aromatic carbocycles. The molecule has 160 valence electrons. The molecule has 0 spiro atoms. The van der Waals surface area contributed by atoms with E-state index in [4.69, 9.17) is 17.3 Å². The van der Waals surface area contributed by atoms with E-state index in [2.05, 4.69) is 29.2 Å². The van der Waals surface area contributed by atoms with Crippen LogP contribution in [-0.4, -0.2) is 23.9 Å². The summed E-state index contributed by atoms with van der Waals surface area (Å²) in [4.78, 5) is 14.6. The highest BCUT2D eigenvalue weighted by molar-refractivity contribution is 6.32. The number of likely N-dealkylation sites (tertiary alicyclic amines) is 1. The van der Waals surface area contributed by atoms with Crippen molar-refractivity contribution in [3.05, 3.63) is 69.2 Å². The Morgan fingerprint density at radius 3 is 2.23 bits per heavy atom. The van der Waals surface area contributed by atoms with E-state index in [-0.39, 0.29) is 5.91 Å². The molecule has 0 radical (unpaired) electrons. The number of hydrogen-bond acceptors (Lipinski definition) is 2. The maximum Gasteiger partial charge on any atom is 0.249 e. The Labute approximate surface area is 185 Å². The second-order valence-corrected chi connectivity index (χ2v) is 9.37. The SMILES string of the molecule is NC(=O)c1ccc(C2CCCCC2)c(Cl)c1CCc1ccc(CN2CCCC2)cc1. The fraction of sp³-hybridized carbons (Fsp3) is 0.500. The highest BCUT2D eigenvalue weighted by atomic mass is 35.5. The number of carbonyl (C=O) groups excluding carboxylic acids is 1. The first kappa shape index (κ1) is 21.4. The molecule has 0 unspecified atom stereocenters. The van der Waals surface area contributed by atoms with Gasteiger partial charge in [0.2, 0.25) is 5.91 Å². The molecular formula is C26H33ClN2O. The van der Waals surface area contributed by atoms with Crippen LogP contribution >= 0.6 is 11.6 Å². The minimum atomic E-state index is -0.386. The van der Waals surface area contributed by atoms with E-state index in [1.165, 1.54) is 74.7 Å². The molecule has 1 aliphatic carbocycles. The van der Waals surface area contributed by atoms with Gasteiger partial charge in [-0.2, -0.15) is 0 Å². The normalized spacial score (nSPS) is 18.0. The first-order valence-electron chi connectivity index (χ1n) is 11.5. The molecule has 1 saturated heterocycles. The van der Waals surface area contributed by atoms with Gasteiger partial charge in [-0.1, -0.05) is 61.2 Å². The molecule has 1 saturated carbocycles. The lowest BCUT2D eigenvalue weighted by molar-refractivity contribution is 0.0999. The molecule has 30 heavy (non-hydrogen) atoms. The molecule has 2 aromatic rings. The molecule has 1 amide bonds. The number of halogens is 1. The average Bonchev–Trinajstić information content (AvgIpc) is 3.27. The molecule has 2 N–H and O–H groups in total. The Balaban J connectivity index is 1.47. The van der Waals surface area contributed by atoms with Crippen LogP contribution in [-0.2, 0) is 19.4 Å². The van der Waals surface area contributed by atoms with Crippen molar-refractivity contribution in [2.24, 2.45) is 5.73 Å². The lowest BCUT2D eigenvalue weighted by Gasteiger charge is -2.24. The van der Waals surface area contributed by atoms with Crippen molar-refractivity contribution in [3.63, 3.8) is 0 Å². The van der Waals surface area contributed by atoms with Crippen LogP contribution in [0.1, 0.15) is 83.5 Å². The summed E-state index contributed by atoms with van der Waals surface area (Å²) in [6.07, 6.45) is 10.5. The summed E-state index contributed by atoms with van der Waals surface area (Å²) in [5.41, 5.74) is 11.0. The number of carbonyl (C=O) groups is 1. The Kier molecular flexibility index (Phi) is 7.12. The third kappa shape index (κ3) is 5.07. The van der Waals surface area contributed by atoms with Gasteiger partial charge in [0.25, 0.3) is 0 Å². The van der Waals surface area contributed by atoms with Gasteiger partial charge in [0.1, 0.15) is 0 Å². The van der Waals surface area contributed by atoms with Crippen molar-refractivity contribution < 1.29 is 4.79 Å². The first-order valence-corrected chi connectivity index (χ1v) is 11.9. The maximum atomic E-state index is 12.0. The lowest BCUT2D eigenvalue weighted by Crippen LogP contribution is -2.18. The maximum absolute atomic E-state index is 12.0. The van der Waals surface area contributed by atoms with Crippen LogP contribution in [0.2, 0.25) is 5.02 Å². The second-order valence-electron chi connectivity index (χ2n) is 8.99. The van der Waals surface area contributed by atoms with Crippen LogP contribution in [0.15, 0.2) is 36.4 Å². The number of nitrogens with zero attached hydrogens (tertiary/aromatic N) is 1. The number of nitrogens with two attached hydrogens (primary N) is 1. The van der Waals surface area contributed by atoms with E-state index in [1.807, 2.05) is 12.1 Å². The first-order chi connectivity index (χ1) is 14.6.